The number of hydrogen-bond acceptors (Lipinski definition) is 3. The molecular weight excluding hydrogens is 220 g/mol. The summed E-state index contributed by atoms with van der Waals surface area (Å²) in [5.41, 5.74) is 0.285. The average Bonchev–Trinajstić information content (AvgIpc) is 2.94. The predicted octanol–water partition coefficient (Wildman–Crippen LogP) is 1.45. The first-order valence-corrected chi connectivity index (χ1v) is 6.51. The van der Waals surface area contributed by atoms with Crippen molar-refractivity contribution in [2.75, 3.05) is 13.1 Å². The third-order valence-corrected chi connectivity index (χ3v) is 3.41. The topological polar surface area (TPSA) is 55.6 Å². The molecule has 0 aromatic heterocycles. The van der Waals surface area contributed by atoms with E-state index in [0.29, 0.717) is 11.3 Å². The van der Waals surface area contributed by atoms with Crippen LogP contribution in [0.15, 0.2) is 0 Å². The number of unbranched alkanes of at least 4 members (excludes halogenated alkanes) is 1. The molecule has 96 valence electrons. The zero-order valence-corrected chi connectivity index (χ0v) is 10.4. The van der Waals surface area contributed by atoms with Crippen molar-refractivity contribution in [3.63, 3.8) is 0 Å². The Labute approximate surface area is 102 Å². The molecule has 17 heavy (non-hydrogen) atoms. The van der Waals surface area contributed by atoms with Crippen LogP contribution < -0.4 is 0 Å². The van der Waals surface area contributed by atoms with Gasteiger partial charge in [-0.3, -0.25) is 10.0 Å². The maximum Gasteiger partial charge on any atom is 0.320 e. The summed E-state index contributed by atoms with van der Waals surface area (Å²) in [4.78, 5) is 19.4. The van der Waals surface area contributed by atoms with Crippen LogP contribution in [-0.2, 0) is 9.63 Å². The molecule has 5 heteroatoms. The largest absolute Gasteiger partial charge is 0.399 e. The van der Waals surface area contributed by atoms with E-state index < -0.39 is 0 Å². The fraction of sp³-hybridized carbons (Fsp3) is 0.833. The number of carbonyl (C=O) groups excluding carboxylic acids is 1. The molecule has 1 saturated heterocycles. The monoisotopic (exact) mass is 240 g/mol. The Kier molecular flexibility index (Phi) is 3.86. The van der Waals surface area contributed by atoms with Gasteiger partial charge < -0.3 is 9.74 Å². The average molecular weight is 240 g/mol. The number of amides is 1. The van der Waals surface area contributed by atoms with Crippen LogP contribution in [-0.4, -0.2) is 40.6 Å². The van der Waals surface area contributed by atoms with Gasteiger partial charge in [0.15, 0.2) is 0 Å². The van der Waals surface area contributed by atoms with Crippen molar-refractivity contribution in [2.24, 2.45) is 0 Å². The molecule has 2 heterocycles. The summed E-state index contributed by atoms with van der Waals surface area (Å²) in [7, 11) is 0. The molecule has 0 aliphatic carbocycles. The third-order valence-electron chi connectivity index (χ3n) is 3.41. The number of likely N-dealkylation sites (tertiary alicyclic amines) is 1. The van der Waals surface area contributed by atoms with Gasteiger partial charge in [0.05, 0.1) is 12.5 Å². The second kappa shape index (κ2) is 5.38. The maximum absolute atomic E-state index is 12.0. The van der Waals surface area contributed by atoms with Gasteiger partial charge >= 0.3 is 11.6 Å². The molecule has 0 bridgehead atoms. The van der Waals surface area contributed by atoms with E-state index in [4.69, 9.17) is 4.84 Å². The number of rotatable bonds is 4. The van der Waals surface area contributed by atoms with Gasteiger partial charge in [-0.25, -0.2) is 0 Å². The fourth-order valence-corrected chi connectivity index (χ4v) is 2.38. The van der Waals surface area contributed by atoms with Crippen molar-refractivity contribution in [1.29, 1.82) is 0 Å². The van der Waals surface area contributed by atoms with E-state index in [1.165, 1.54) is 0 Å². The molecule has 0 radical (unpaired) electrons. The second-order valence-electron chi connectivity index (χ2n) is 4.78. The normalized spacial score (nSPS) is 24.3. The Bertz CT molecular complexity index is 322. The van der Waals surface area contributed by atoms with Gasteiger partial charge in [-0.15, -0.1) is 0 Å². The van der Waals surface area contributed by atoms with Crippen molar-refractivity contribution >= 4 is 11.6 Å². The van der Waals surface area contributed by atoms with E-state index in [-0.39, 0.29) is 17.7 Å². The Morgan fingerprint density at radius 1 is 1.53 bits per heavy atom. The van der Waals surface area contributed by atoms with Crippen LogP contribution in [0.1, 0.15) is 45.4 Å². The summed E-state index contributed by atoms with van der Waals surface area (Å²) >= 11 is 0. The highest BCUT2D eigenvalue weighted by atomic mass is 16.9. The predicted molar refractivity (Wildman–Crippen MR) is 63.5 cm³/mol. The lowest BCUT2D eigenvalue weighted by Gasteiger charge is -2.11. The van der Waals surface area contributed by atoms with Crippen LogP contribution in [0.25, 0.3) is 0 Å². The molecule has 1 atom stereocenters. The van der Waals surface area contributed by atoms with Crippen LogP contribution in [0.2, 0.25) is 0 Å². The van der Waals surface area contributed by atoms with E-state index in [9.17, 15) is 10.0 Å². The summed E-state index contributed by atoms with van der Waals surface area (Å²) in [6.07, 6.45) is 5.41. The van der Waals surface area contributed by atoms with Crippen molar-refractivity contribution in [3.8, 4) is 0 Å². The van der Waals surface area contributed by atoms with Gasteiger partial charge in [0.1, 0.15) is 0 Å². The smallest absolute Gasteiger partial charge is 0.320 e. The SMILES string of the molecule is CCCCC1CC(C(=O)N2CCCC2)=[N+]([O-])O1. The molecule has 0 N–H and O–H groups in total. The lowest BCUT2D eigenvalue weighted by Crippen LogP contribution is -2.36. The first-order chi connectivity index (χ1) is 8.22. The summed E-state index contributed by atoms with van der Waals surface area (Å²) in [5, 5.41) is 11.6. The van der Waals surface area contributed by atoms with E-state index in [0.717, 1.165) is 45.2 Å². The highest BCUT2D eigenvalue weighted by molar-refractivity contribution is 6.36. The van der Waals surface area contributed by atoms with Gasteiger partial charge in [-0.05, 0) is 19.3 Å². The second-order valence-corrected chi connectivity index (χ2v) is 4.78. The van der Waals surface area contributed by atoms with E-state index >= 15 is 0 Å². The fourth-order valence-electron chi connectivity index (χ4n) is 2.38. The van der Waals surface area contributed by atoms with E-state index in [1.54, 1.807) is 4.90 Å². The summed E-state index contributed by atoms with van der Waals surface area (Å²) in [5.74, 6) is -0.128. The van der Waals surface area contributed by atoms with Crippen LogP contribution in [0.4, 0.5) is 0 Å². The zero-order chi connectivity index (χ0) is 12.3. The van der Waals surface area contributed by atoms with Crippen molar-refractivity contribution in [2.45, 2.75) is 51.6 Å². The van der Waals surface area contributed by atoms with Crippen LogP contribution in [0.3, 0.4) is 0 Å². The van der Waals surface area contributed by atoms with Gasteiger partial charge in [0.2, 0.25) is 0 Å². The third kappa shape index (κ3) is 2.70. The molecule has 5 nitrogen and oxygen atoms in total. The summed E-state index contributed by atoms with van der Waals surface area (Å²) in [6.45, 7) is 3.65. The highest BCUT2D eigenvalue weighted by Gasteiger charge is 2.36. The van der Waals surface area contributed by atoms with Gasteiger partial charge in [-0.1, -0.05) is 19.8 Å². The maximum atomic E-state index is 12.0. The standard InChI is InChI=1S/C12H20N2O3/c1-2-3-6-10-9-11(14(16)17-10)12(15)13-7-4-5-8-13/h10H,2-9H2,1H3. The van der Waals surface area contributed by atoms with Crippen molar-refractivity contribution in [3.05, 3.63) is 5.21 Å². The first-order valence-electron chi connectivity index (χ1n) is 6.51. The molecular formula is C12H20N2O3. The molecule has 0 saturated carbocycles. The van der Waals surface area contributed by atoms with Crippen LogP contribution in [0.5, 0.6) is 0 Å². The zero-order valence-electron chi connectivity index (χ0n) is 10.4. The minimum absolute atomic E-state index is 0.103. The van der Waals surface area contributed by atoms with E-state index in [2.05, 4.69) is 6.92 Å². The highest BCUT2D eigenvalue weighted by Crippen LogP contribution is 2.18. The summed E-state index contributed by atoms with van der Waals surface area (Å²) in [6, 6.07) is 0. The molecule has 0 spiro atoms. The molecule has 2 rings (SSSR count). The van der Waals surface area contributed by atoms with Crippen LogP contribution >= 0.6 is 0 Å². The molecule has 1 fully saturated rings. The lowest BCUT2D eigenvalue weighted by atomic mass is 10.1. The molecule has 2 aliphatic heterocycles. The quantitative estimate of drug-likeness (QED) is 0.699. The number of nitrogens with zero attached hydrogens (tertiary/aromatic N) is 2. The summed E-state index contributed by atoms with van der Waals surface area (Å²) < 4.78 is 0. The van der Waals surface area contributed by atoms with Gasteiger partial charge in [0.25, 0.3) is 0 Å². The van der Waals surface area contributed by atoms with Crippen molar-refractivity contribution in [1.82, 2.24) is 4.90 Å². The van der Waals surface area contributed by atoms with Gasteiger partial charge in [-0.2, -0.15) is 0 Å². The first kappa shape index (κ1) is 12.2. The molecule has 0 aromatic carbocycles. The molecule has 1 amide bonds. The minimum atomic E-state index is -0.128. The number of carbonyl (C=O) groups is 1. The van der Waals surface area contributed by atoms with Crippen LogP contribution in [0, 0.1) is 5.21 Å². The Balaban J connectivity index is 1.92. The number of hydrogen-bond donors (Lipinski definition) is 0. The van der Waals surface area contributed by atoms with Gasteiger partial charge in [0, 0.05) is 18.0 Å². The lowest BCUT2D eigenvalue weighted by molar-refractivity contribution is -0.740. The Morgan fingerprint density at radius 3 is 2.88 bits per heavy atom. The van der Waals surface area contributed by atoms with Crippen molar-refractivity contribution < 1.29 is 14.5 Å². The van der Waals surface area contributed by atoms with E-state index in [1.807, 2.05) is 0 Å². The minimum Gasteiger partial charge on any atom is -0.399 e. The molecule has 0 aromatic rings. The molecule has 2 aliphatic rings. The Hall–Kier alpha value is -1.26. The molecule has 1 unspecified atom stereocenters. The Morgan fingerprint density at radius 2 is 2.24 bits per heavy atom.